The quantitative estimate of drug-likeness (QED) is 0.403. The standard InChI is InChI=1S/C9H16N4/c1-3-5-9(12-10)8-6-11-13(4-2)7-8/h3,6-7,9,12H,1,4-5,10H2,2H3. The van der Waals surface area contributed by atoms with Crippen LogP contribution in [0.5, 0.6) is 0 Å². The Balaban J connectivity index is 2.72. The van der Waals surface area contributed by atoms with E-state index in [-0.39, 0.29) is 6.04 Å². The average molecular weight is 180 g/mol. The Hall–Kier alpha value is -1.13. The fraction of sp³-hybridized carbons (Fsp3) is 0.444. The number of hydrogen-bond acceptors (Lipinski definition) is 3. The first kappa shape index (κ1) is 9.95. The summed E-state index contributed by atoms with van der Waals surface area (Å²) in [4.78, 5) is 0. The highest BCUT2D eigenvalue weighted by Gasteiger charge is 2.09. The predicted octanol–water partition coefficient (Wildman–Crippen LogP) is 0.984. The van der Waals surface area contributed by atoms with E-state index in [0.29, 0.717) is 0 Å². The van der Waals surface area contributed by atoms with Crippen LogP contribution >= 0.6 is 0 Å². The summed E-state index contributed by atoms with van der Waals surface area (Å²) >= 11 is 0. The van der Waals surface area contributed by atoms with Crippen molar-refractivity contribution in [3.05, 3.63) is 30.6 Å². The van der Waals surface area contributed by atoms with Crippen molar-refractivity contribution >= 4 is 0 Å². The maximum Gasteiger partial charge on any atom is 0.0538 e. The van der Waals surface area contributed by atoms with E-state index in [1.165, 1.54) is 0 Å². The summed E-state index contributed by atoms with van der Waals surface area (Å²) in [7, 11) is 0. The van der Waals surface area contributed by atoms with Gasteiger partial charge in [0.15, 0.2) is 0 Å². The van der Waals surface area contributed by atoms with Gasteiger partial charge in [-0.25, -0.2) is 0 Å². The van der Waals surface area contributed by atoms with Gasteiger partial charge >= 0.3 is 0 Å². The van der Waals surface area contributed by atoms with Gasteiger partial charge in [0, 0.05) is 18.3 Å². The van der Waals surface area contributed by atoms with Crippen molar-refractivity contribution in [1.82, 2.24) is 15.2 Å². The lowest BCUT2D eigenvalue weighted by molar-refractivity contribution is 0.560. The maximum atomic E-state index is 5.41. The number of rotatable bonds is 5. The first-order chi connectivity index (χ1) is 6.31. The molecule has 0 fully saturated rings. The van der Waals surface area contributed by atoms with Crippen molar-refractivity contribution in [2.45, 2.75) is 25.9 Å². The van der Waals surface area contributed by atoms with Crippen LogP contribution in [0.15, 0.2) is 25.0 Å². The van der Waals surface area contributed by atoms with Crippen LogP contribution in [0.2, 0.25) is 0 Å². The van der Waals surface area contributed by atoms with Gasteiger partial charge in [0.2, 0.25) is 0 Å². The zero-order valence-electron chi connectivity index (χ0n) is 7.90. The molecule has 0 aliphatic rings. The van der Waals surface area contributed by atoms with Crippen LogP contribution < -0.4 is 11.3 Å². The van der Waals surface area contributed by atoms with Crippen molar-refractivity contribution in [3.63, 3.8) is 0 Å². The number of aromatic nitrogens is 2. The van der Waals surface area contributed by atoms with E-state index in [1.54, 1.807) is 0 Å². The highest BCUT2D eigenvalue weighted by molar-refractivity contribution is 5.11. The molecule has 1 unspecified atom stereocenters. The van der Waals surface area contributed by atoms with E-state index in [4.69, 9.17) is 5.84 Å². The van der Waals surface area contributed by atoms with E-state index < -0.39 is 0 Å². The second-order valence-corrected chi connectivity index (χ2v) is 2.87. The van der Waals surface area contributed by atoms with Gasteiger partial charge in [-0.3, -0.25) is 16.0 Å². The fourth-order valence-electron chi connectivity index (χ4n) is 1.20. The molecule has 0 spiro atoms. The minimum Gasteiger partial charge on any atom is -0.273 e. The summed E-state index contributed by atoms with van der Waals surface area (Å²) < 4.78 is 1.88. The van der Waals surface area contributed by atoms with Gasteiger partial charge in [-0.1, -0.05) is 6.08 Å². The Bertz CT molecular complexity index is 266. The maximum absolute atomic E-state index is 5.41. The van der Waals surface area contributed by atoms with Crippen LogP contribution in [0.4, 0.5) is 0 Å². The lowest BCUT2D eigenvalue weighted by atomic mass is 10.1. The summed E-state index contributed by atoms with van der Waals surface area (Å²) in [5.41, 5.74) is 3.83. The third-order valence-corrected chi connectivity index (χ3v) is 1.98. The normalized spacial score (nSPS) is 12.8. The number of nitrogens with zero attached hydrogens (tertiary/aromatic N) is 2. The van der Waals surface area contributed by atoms with Crippen LogP contribution in [0.25, 0.3) is 0 Å². The van der Waals surface area contributed by atoms with Gasteiger partial charge in [-0.2, -0.15) is 5.10 Å². The Morgan fingerprint density at radius 2 is 2.62 bits per heavy atom. The van der Waals surface area contributed by atoms with Gasteiger partial charge in [0.1, 0.15) is 0 Å². The molecule has 72 valence electrons. The lowest BCUT2D eigenvalue weighted by Gasteiger charge is -2.10. The molecule has 0 aliphatic heterocycles. The van der Waals surface area contributed by atoms with Crippen LogP contribution in [0.3, 0.4) is 0 Å². The van der Waals surface area contributed by atoms with Crippen LogP contribution in [-0.2, 0) is 6.54 Å². The van der Waals surface area contributed by atoms with Crippen LogP contribution in [0.1, 0.15) is 24.9 Å². The monoisotopic (exact) mass is 180 g/mol. The molecule has 0 saturated carbocycles. The second kappa shape index (κ2) is 4.79. The number of hydrazine groups is 1. The summed E-state index contributed by atoms with van der Waals surface area (Å²) in [5, 5.41) is 4.17. The van der Waals surface area contributed by atoms with Gasteiger partial charge in [-0.05, 0) is 13.3 Å². The summed E-state index contributed by atoms with van der Waals surface area (Å²) in [5.74, 6) is 5.41. The zero-order chi connectivity index (χ0) is 9.68. The van der Waals surface area contributed by atoms with Crippen LogP contribution in [-0.4, -0.2) is 9.78 Å². The number of nitrogens with one attached hydrogen (secondary N) is 1. The molecule has 4 heteroatoms. The smallest absolute Gasteiger partial charge is 0.0538 e. The Morgan fingerprint density at radius 3 is 3.08 bits per heavy atom. The zero-order valence-corrected chi connectivity index (χ0v) is 7.90. The molecule has 0 radical (unpaired) electrons. The van der Waals surface area contributed by atoms with E-state index in [2.05, 4.69) is 24.0 Å². The SMILES string of the molecule is C=CCC(NN)c1cnn(CC)c1. The van der Waals surface area contributed by atoms with Crippen molar-refractivity contribution in [2.75, 3.05) is 0 Å². The van der Waals surface area contributed by atoms with E-state index in [0.717, 1.165) is 18.5 Å². The molecule has 0 amide bonds. The number of hydrogen-bond donors (Lipinski definition) is 2. The molecule has 1 aromatic rings. The molecule has 1 heterocycles. The Labute approximate surface area is 78.4 Å². The third-order valence-electron chi connectivity index (χ3n) is 1.98. The fourth-order valence-corrected chi connectivity index (χ4v) is 1.20. The minimum atomic E-state index is 0.123. The summed E-state index contributed by atoms with van der Waals surface area (Å²) in [6.45, 7) is 6.61. The first-order valence-electron chi connectivity index (χ1n) is 4.41. The average Bonchev–Trinajstić information content (AvgIpc) is 2.62. The topological polar surface area (TPSA) is 55.9 Å². The second-order valence-electron chi connectivity index (χ2n) is 2.87. The predicted molar refractivity (Wildman–Crippen MR) is 52.8 cm³/mol. The van der Waals surface area contributed by atoms with Crippen LogP contribution in [0, 0.1) is 0 Å². The van der Waals surface area contributed by atoms with E-state index in [9.17, 15) is 0 Å². The summed E-state index contributed by atoms with van der Waals surface area (Å²) in [6.07, 6.45) is 6.48. The first-order valence-corrected chi connectivity index (χ1v) is 4.41. The highest BCUT2D eigenvalue weighted by atomic mass is 15.3. The third kappa shape index (κ3) is 2.40. The number of nitrogens with two attached hydrogens (primary N) is 1. The molecule has 0 bridgehead atoms. The Kier molecular flexibility index (Phi) is 3.67. The van der Waals surface area contributed by atoms with Crippen molar-refractivity contribution in [2.24, 2.45) is 5.84 Å². The highest BCUT2D eigenvalue weighted by Crippen LogP contribution is 2.14. The molecule has 1 rings (SSSR count). The molecule has 1 aromatic heterocycles. The number of aryl methyl sites for hydroxylation is 1. The van der Waals surface area contributed by atoms with E-state index >= 15 is 0 Å². The molecule has 4 nitrogen and oxygen atoms in total. The lowest BCUT2D eigenvalue weighted by Crippen LogP contribution is -2.27. The van der Waals surface area contributed by atoms with Gasteiger partial charge in [-0.15, -0.1) is 6.58 Å². The molecule has 0 aliphatic carbocycles. The minimum absolute atomic E-state index is 0.123. The molecular formula is C9H16N4. The van der Waals surface area contributed by atoms with Crippen molar-refractivity contribution in [1.29, 1.82) is 0 Å². The van der Waals surface area contributed by atoms with Gasteiger partial charge < -0.3 is 0 Å². The molecule has 0 saturated heterocycles. The molecule has 13 heavy (non-hydrogen) atoms. The van der Waals surface area contributed by atoms with E-state index in [1.807, 2.05) is 23.2 Å². The van der Waals surface area contributed by atoms with Gasteiger partial charge in [0.05, 0.1) is 12.2 Å². The summed E-state index contributed by atoms with van der Waals surface area (Å²) in [6, 6.07) is 0.123. The largest absolute Gasteiger partial charge is 0.273 e. The molecule has 0 aromatic carbocycles. The molecule has 3 N–H and O–H groups in total. The Morgan fingerprint density at radius 1 is 1.85 bits per heavy atom. The van der Waals surface area contributed by atoms with Crippen molar-refractivity contribution < 1.29 is 0 Å². The molecular weight excluding hydrogens is 164 g/mol. The molecule has 1 atom stereocenters. The van der Waals surface area contributed by atoms with Gasteiger partial charge in [0.25, 0.3) is 0 Å². The van der Waals surface area contributed by atoms with Crippen molar-refractivity contribution in [3.8, 4) is 0 Å².